The van der Waals surface area contributed by atoms with E-state index >= 15 is 0 Å². The lowest BCUT2D eigenvalue weighted by molar-refractivity contribution is -0.0125. The van der Waals surface area contributed by atoms with E-state index < -0.39 is 0 Å². The lowest BCUT2D eigenvalue weighted by atomic mass is 9.82. The maximum atomic E-state index is 9.86. The quantitative estimate of drug-likeness (QED) is 0.798. The van der Waals surface area contributed by atoms with Crippen LogP contribution in [0.3, 0.4) is 0 Å². The van der Waals surface area contributed by atoms with Gasteiger partial charge in [0, 0.05) is 25.0 Å². The topological polar surface area (TPSA) is 52.9 Å². The molecule has 1 fully saturated rings. The molecule has 2 rings (SSSR count). The highest BCUT2D eigenvalue weighted by Crippen LogP contribution is 2.26. The number of ether oxygens (including phenoxy) is 1. The van der Waals surface area contributed by atoms with Gasteiger partial charge in [-0.2, -0.15) is 0 Å². The van der Waals surface area contributed by atoms with E-state index in [2.05, 4.69) is 24.0 Å². The van der Waals surface area contributed by atoms with E-state index in [4.69, 9.17) is 9.84 Å². The van der Waals surface area contributed by atoms with Crippen LogP contribution in [0.5, 0.6) is 0 Å². The van der Waals surface area contributed by atoms with Gasteiger partial charge in [0.2, 0.25) is 0 Å². The van der Waals surface area contributed by atoms with Crippen molar-refractivity contribution in [1.29, 1.82) is 0 Å². The molecule has 1 aromatic rings. The van der Waals surface area contributed by atoms with Gasteiger partial charge in [-0.1, -0.05) is 37.3 Å². The minimum atomic E-state index is -0.222. The molecule has 2 N–H and O–H groups in total. The average molecular weight is 293 g/mol. The van der Waals surface area contributed by atoms with Crippen LogP contribution in [0.2, 0.25) is 0 Å². The van der Waals surface area contributed by atoms with Gasteiger partial charge in [-0.25, -0.2) is 0 Å². The molecule has 1 atom stereocenters. The molecule has 1 heterocycles. The minimum Gasteiger partial charge on any atom is -0.395 e. The highest BCUT2D eigenvalue weighted by Gasteiger charge is 2.30. The van der Waals surface area contributed by atoms with Crippen molar-refractivity contribution in [3.63, 3.8) is 0 Å². The number of likely N-dealkylation sites (tertiary alicyclic amines) is 1. The largest absolute Gasteiger partial charge is 0.395 e. The molecule has 0 amide bonds. The number of aliphatic hydroxyl groups excluding tert-OH is 2. The Bertz CT molecular complexity index is 404. The zero-order valence-electron chi connectivity index (χ0n) is 12.9. The van der Waals surface area contributed by atoms with Crippen molar-refractivity contribution in [1.82, 2.24) is 4.90 Å². The van der Waals surface area contributed by atoms with E-state index in [1.165, 1.54) is 5.56 Å². The van der Waals surface area contributed by atoms with Gasteiger partial charge in [0.05, 0.1) is 25.9 Å². The summed E-state index contributed by atoms with van der Waals surface area (Å²) in [6.07, 6.45) is 2.26. The smallest absolute Gasteiger partial charge is 0.0701 e. The molecule has 0 aromatic heterocycles. The number of nitrogens with zero attached hydrogens (tertiary/aromatic N) is 1. The zero-order chi connectivity index (χ0) is 15.1. The molecule has 1 aliphatic rings. The summed E-state index contributed by atoms with van der Waals surface area (Å²) >= 11 is 0. The summed E-state index contributed by atoms with van der Waals surface area (Å²) < 4.78 is 5.60. The van der Waals surface area contributed by atoms with Gasteiger partial charge in [-0.05, 0) is 18.4 Å². The van der Waals surface area contributed by atoms with Crippen LogP contribution in [0.1, 0.15) is 25.3 Å². The summed E-state index contributed by atoms with van der Waals surface area (Å²) in [4.78, 5) is 2.40. The molecule has 0 spiro atoms. The van der Waals surface area contributed by atoms with E-state index in [0.717, 1.165) is 32.5 Å². The molecule has 118 valence electrons. The molecule has 0 aliphatic carbocycles. The number of rotatable bonds is 7. The standard InChI is InChI=1S/C17H27NO3/c1-17(14-20,15-5-3-2-4-6-15)13-18-9-7-16(8-10-18)21-12-11-19/h2-6,16,19-20H,7-14H2,1H3. The van der Waals surface area contributed by atoms with E-state index in [-0.39, 0.29) is 24.7 Å². The molecular formula is C17H27NO3. The van der Waals surface area contributed by atoms with Crippen LogP contribution in [-0.4, -0.2) is 60.7 Å². The fourth-order valence-electron chi connectivity index (χ4n) is 3.02. The summed E-state index contributed by atoms with van der Waals surface area (Å²) in [5.74, 6) is 0. The predicted molar refractivity (Wildman–Crippen MR) is 83.4 cm³/mol. The first-order valence-corrected chi connectivity index (χ1v) is 7.79. The highest BCUT2D eigenvalue weighted by atomic mass is 16.5. The Hall–Kier alpha value is -0.940. The van der Waals surface area contributed by atoms with Gasteiger partial charge in [-0.15, -0.1) is 0 Å². The van der Waals surface area contributed by atoms with Crippen LogP contribution < -0.4 is 0 Å². The normalized spacial score (nSPS) is 20.3. The number of piperidine rings is 1. The summed E-state index contributed by atoms with van der Waals surface area (Å²) in [5, 5.41) is 18.7. The molecule has 1 unspecified atom stereocenters. The van der Waals surface area contributed by atoms with Crippen LogP contribution in [0.4, 0.5) is 0 Å². The fraction of sp³-hybridized carbons (Fsp3) is 0.647. The number of hydrogen-bond donors (Lipinski definition) is 2. The third-order valence-electron chi connectivity index (χ3n) is 4.37. The molecule has 0 bridgehead atoms. The number of benzene rings is 1. The lowest BCUT2D eigenvalue weighted by Gasteiger charge is -2.38. The second-order valence-corrected chi connectivity index (χ2v) is 6.15. The van der Waals surface area contributed by atoms with E-state index in [0.29, 0.717) is 6.61 Å². The third kappa shape index (κ3) is 4.51. The maximum Gasteiger partial charge on any atom is 0.0701 e. The second kappa shape index (κ2) is 7.90. The van der Waals surface area contributed by atoms with Crippen molar-refractivity contribution in [2.45, 2.75) is 31.3 Å². The van der Waals surface area contributed by atoms with Crippen molar-refractivity contribution >= 4 is 0 Å². The molecular weight excluding hydrogens is 266 g/mol. The molecule has 4 heteroatoms. The van der Waals surface area contributed by atoms with Gasteiger partial charge in [0.1, 0.15) is 0 Å². The average Bonchev–Trinajstić information content (AvgIpc) is 2.55. The van der Waals surface area contributed by atoms with E-state index in [1.54, 1.807) is 0 Å². The van der Waals surface area contributed by atoms with Gasteiger partial charge >= 0.3 is 0 Å². The van der Waals surface area contributed by atoms with Crippen molar-refractivity contribution in [2.75, 3.05) is 39.5 Å². The van der Waals surface area contributed by atoms with Crippen molar-refractivity contribution < 1.29 is 14.9 Å². The van der Waals surface area contributed by atoms with Crippen molar-refractivity contribution in [2.24, 2.45) is 0 Å². The molecule has 21 heavy (non-hydrogen) atoms. The first-order valence-electron chi connectivity index (χ1n) is 7.79. The van der Waals surface area contributed by atoms with Crippen LogP contribution in [-0.2, 0) is 10.2 Å². The summed E-state index contributed by atoms with van der Waals surface area (Å²) in [6, 6.07) is 10.2. The Morgan fingerprint density at radius 2 is 1.86 bits per heavy atom. The monoisotopic (exact) mass is 293 g/mol. The molecule has 4 nitrogen and oxygen atoms in total. The maximum absolute atomic E-state index is 9.86. The van der Waals surface area contributed by atoms with Gasteiger partial charge in [-0.3, -0.25) is 0 Å². The van der Waals surface area contributed by atoms with Crippen LogP contribution >= 0.6 is 0 Å². The SMILES string of the molecule is CC(CO)(CN1CCC(OCCO)CC1)c1ccccc1. The highest BCUT2D eigenvalue weighted by molar-refractivity contribution is 5.25. The third-order valence-corrected chi connectivity index (χ3v) is 4.37. The summed E-state index contributed by atoms with van der Waals surface area (Å²) in [5.41, 5.74) is 0.964. The van der Waals surface area contributed by atoms with E-state index in [1.807, 2.05) is 18.2 Å². The second-order valence-electron chi connectivity index (χ2n) is 6.15. The first-order chi connectivity index (χ1) is 10.2. The zero-order valence-corrected chi connectivity index (χ0v) is 12.9. The molecule has 1 saturated heterocycles. The summed E-state index contributed by atoms with van der Waals surface area (Å²) in [7, 11) is 0. The molecule has 1 aromatic carbocycles. The summed E-state index contributed by atoms with van der Waals surface area (Å²) in [6.45, 7) is 5.63. The lowest BCUT2D eigenvalue weighted by Crippen LogP contribution is -2.46. The molecule has 0 radical (unpaired) electrons. The Kier molecular flexibility index (Phi) is 6.18. The van der Waals surface area contributed by atoms with Crippen molar-refractivity contribution in [3.05, 3.63) is 35.9 Å². The fourth-order valence-corrected chi connectivity index (χ4v) is 3.02. The molecule has 1 aliphatic heterocycles. The van der Waals surface area contributed by atoms with Gasteiger partial charge in [0.15, 0.2) is 0 Å². The van der Waals surface area contributed by atoms with Crippen LogP contribution in [0.25, 0.3) is 0 Å². The molecule has 0 saturated carbocycles. The van der Waals surface area contributed by atoms with Gasteiger partial charge in [0.25, 0.3) is 0 Å². The van der Waals surface area contributed by atoms with Gasteiger partial charge < -0.3 is 19.8 Å². The Labute approximate surface area is 127 Å². The van der Waals surface area contributed by atoms with Crippen LogP contribution in [0.15, 0.2) is 30.3 Å². The minimum absolute atomic E-state index is 0.0941. The van der Waals surface area contributed by atoms with E-state index in [9.17, 15) is 5.11 Å². The van der Waals surface area contributed by atoms with Crippen LogP contribution in [0, 0.1) is 0 Å². The predicted octanol–water partition coefficient (Wildman–Crippen LogP) is 1.41. The number of hydrogen-bond acceptors (Lipinski definition) is 4. The first kappa shape index (κ1) is 16.4. The Morgan fingerprint density at radius 3 is 2.43 bits per heavy atom. The Balaban J connectivity index is 1.89. The Morgan fingerprint density at radius 1 is 1.19 bits per heavy atom. The van der Waals surface area contributed by atoms with Crippen molar-refractivity contribution in [3.8, 4) is 0 Å². The number of aliphatic hydroxyl groups is 2.